The number of hydrogen-bond acceptors (Lipinski definition) is 2. The summed E-state index contributed by atoms with van der Waals surface area (Å²) in [5, 5.41) is 0. The minimum absolute atomic E-state index is 0.145. The van der Waals surface area contributed by atoms with Crippen LogP contribution in [0.5, 0.6) is 0 Å². The molecule has 5 heteroatoms. The lowest BCUT2D eigenvalue weighted by molar-refractivity contribution is 0.0983. The fourth-order valence-electron chi connectivity index (χ4n) is 3.21. The predicted octanol–water partition coefficient (Wildman–Crippen LogP) is 2.98. The number of aryl methyl sites for hydroxylation is 1. The number of aromatic nitrogens is 1. The molecular formula is C18H17FN2O2. The second-order valence-electron chi connectivity index (χ2n) is 6.26. The van der Waals surface area contributed by atoms with E-state index in [9.17, 15) is 14.0 Å². The van der Waals surface area contributed by atoms with Crippen LogP contribution in [0.3, 0.4) is 0 Å². The number of aromatic amines is 1. The van der Waals surface area contributed by atoms with Gasteiger partial charge in [0, 0.05) is 17.9 Å². The van der Waals surface area contributed by atoms with Crippen molar-refractivity contribution in [3.8, 4) is 0 Å². The van der Waals surface area contributed by atoms with Crippen LogP contribution in [0.1, 0.15) is 46.8 Å². The fraction of sp³-hybridized carbons (Fsp3) is 0.333. The Balaban J connectivity index is 1.69. The quantitative estimate of drug-likeness (QED) is 0.927. The summed E-state index contributed by atoms with van der Waals surface area (Å²) in [6.07, 6.45) is 3.69. The standard InChI is InChI=1S/C18H17FN2O2/c19-13-5-8-16-12(10-13)2-1-9-21(16)18(23)14-6-7-15(11-3-4-11)20-17(14)22/h5-8,10-11H,1-4,9H2,(H,20,22). The normalized spacial score (nSPS) is 17.0. The van der Waals surface area contributed by atoms with Crippen molar-refractivity contribution in [2.75, 3.05) is 11.4 Å². The summed E-state index contributed by atoms with van der Waals surface area (Å²) >= 11 is 0. The Labute approximate surface area is 132 Å². The van der Waals surface area contributed by atoms with E-state index in [0.717, 1.165) is 36.9 Å². The van der Waals surface area contributed by atoms with E-state index >= 15 is 0 Å². The SMILES string of the molecule is O=C(c1ccc(C2CC2)[nH]c1=O)N1CCCc2cc(F)ccc21. The van der Waals surface area contributed by atoms with Crippen molar-refractivity contribution in [3.05, 3.63) is 63.3 Å². The summed E-state index contributed by atoms with van der Waals surface area (Å²) in [5.41, 5.74) is 2.23. The fourth-order valence-corrected chi connectivity index (χ4v) is 3.21. The van der Waals surface area contributed by atoms with E-state index in [1.165, 1.54) is 12.1 Å². The lowest BCUT2D eigenvalue weighted by Gasteiger charge is -2.29. The molecule has 1 N–H and O–H groups in total. The molecule has 0 unspecified atom stereocenters. The van der Waals surface area contributed by atoms with Crippen LogP contribution < -0.4 is 10.5 Å². The maximum absolute atomic E-state index is 13.4. The summed E-state index contributed by atoms with van der Waals surface area (Å²) in [6, 6.07) is 7.89. The molecule has 1 aromatic carbocycles. The van der Waals surface area contributed by atoms with E-state index in [-0.39, 0.29) is 22.8 Å². The van der Waals surface area contributed by atoms with Crippen LogP contribution in [0.25, 0.3) is 0 Å². The highest BCUT2D eigenvalue weighted by molar-refractivity contribution is 6.06. The van der Waals surface area contributed by atoms with Crippen LogP contribution >= 0.6 is 0 Å². The third-order valence-electron chi connectivity index (χ3n) is 4.58. The Morgan fingerprint density at radius 3 is 2.78 bits per heavy atom. The van der Waals surface area contributed by atoms with Crippen LogP contribution in [0.2, 0.25) is 0 Å². The van der Waals surface area contributed by atoms with Gasteiger partial charge in [0.1, 0.15) is 11.4 Å². The van der Waals surface area contributed by atoms with Crippen molar-refractivity contribution >= 4 is 11.6 Å². The van der Waals surface area contributed by atoms with Crippen LogP contribution in [-0.2, 0) is 6.42 Å². The molecule has 1 aliphatic carbocycles. The average Bonchev–Trinajstić information content (AvgIpc) is 3.38. The van der Waals surface area contributed by atoms with Gasteiger partial charge in [0.05, 0.1) is 0 Å². The number of rotatable bonds is 2. The van der Waals surface area contributed by atoms with E-state index < -0.39 is 0 Å². The van der Waals surface area contributed by atoms with Crippen molar-refractivity contribution in [2.45, 2.75) is 31.6 Å². The molecule has 2 heterocycles. The first-order chi connectivity index (χ1) is 11.1. The van der Waals surface area contributed by atoms with E-state index in [4.69, 9.17) is 0 Å². The summed E-state index contributed by atoms with van der Waals surface area (Å²) in [5.74, 6) is -0.184. The predicted molar refractivity (Wildman–Crippen MR) is 85.4 cm³/mol. The van der Waals surface area contributed by atoms with Crippen molar-refractivity contribution in [1.82, 2.24) is 4.98 Å². The molecule has 1 fully saturated rings. The van der Waals surface area contributed by atoms with Crippen LogP contribution in [0.15, 0.2) is 35.1 Å². The van der Waals surface area contributed by atoms with E-state index in [1.807, 2.05) is 6.07 Å². The highest BCUT2D eigenvalue weighted by Crippen LogP contribution is 2.38. The van der Waals surface area contributed by atoms with Crippen molar-refractivity contribution < 1.29 is 9.18 Å². The molecule has 1 saturated carbocycles. The summed E-state index contributed by atoms with van der Waals surface area (Å²) in [6.45, 7) is 0.543. The molecule has 4 rings (SSSR count). The van der Waals surface area contributed by atoms with Gasteiger partial charge < -0.3 is 9.88 Å². The first kappa shape index (κ1) is 14.2. The van der Waals surface area contributed by atoms with Crippen molar-refractivity contribution in [3.63, 3.8) is 0 Å². The van der Waals surface area contributed by atoms with Gasteiger partial charge in [0.2, 0.25) is 0 Å². The largest absolute Gasteiger partial charge is 0.325 e. The second-order valence-corrected chi connectivity index (χ2v) is 6.26. The molecule has 2 aliphatic rings. The second kappa shape index (κ2) is 5.33. The Morgan fingerprint density at radius 1 is 1.22 bits per heavy atom. The third-order valence-corrected chi connectivity index (χ3v) is 4.58. The van der Waals surface area contributed by atoms with Crippen LogP contribution in [0, 0.1) is 5.82 Å². The monoisotopic (exact) mass is 312 g/mol. The number of anilines is 1. The molecule has 1 aliphatic heterocycles. The lowest BCUT2D eigenvalue weighted by Crippen LogP contribution is -2.38. The molecule has 4 nitrogen and oxygen atoms in total. The van der Waals surface area contributed by atoms with Crippen LogP contribution in [0.4, 0.5) is 10.1 Å². The minimum atomic E-state index is -0.339. The van der Waals surface area contributed by atoms with Crippen molar-refractivity contribution in [1.29, 1.82) is 0 Å². The Kier molecular flexibility index (Phi) is 3.29. The molecule has 2 aromatic rings. The Hall–Kier alpha value is -2.43. The maximum atomic E-state index is 13.4. The lowest BCUT2D eigenvalue weighted by atomic mass is 10.0. The molecule has 0 saturated heterocycles. The molecule has 0 atom stereocenters. The van der Waals surface area contributed by atoms with Gasteiger partial charge in [-0.05, 0) is 67.5 Å². The third kappa shape index (κ3) is 2.56. The van der Waals surface area contributed by atoms with Gasteiger partial charge in [-0.15, -0.1) is 0 Å². The molecular weight excluding hydrogens is 295 g/mol. The number of H-pyrrole nitrogens is 1. The minimum Gasteiger partial charge on any atom is -0.325 e. The number of hydrogen-bond donors (Lipinski definition) is 1. The van der Waals surface area contributed by atoms with Gasteiger partial charge in [-0.1, -0.05) is 0 Å². The topological polar surface area (TPSA) is 53.2 Å². The molecule has 1 amide bonds. The number of carbonyl (C=O) groups is 1. The summed E-state index contributed by atoms with van der Waals surface area (Å²) in [4.78, 5) is 29.4. The zero-order chi connectivity index (χ0) is 16.0. The van der Waals surface area contributed by atoms with E-state index in [2.05, 4.69) is 4.98 Å². The summed E-state index contributed by atoms with van der Waals surface area (Å²) in [7, 11) is 0. The first-order valence-electron chi connectivity index (χ1n) is 7.97. The van der Waals surface area contributed by atoms with Gasteiger partial charge in [0.15, 0.2) is 0 Å². The van der Waals surface area contributed by atoms with Gasteiger partial charge in [0.25, 0.3) is 11.5 Å². The number of fused-ring (bicyclic) bond motifs is 1. The Morgan fingerprint density at radius 2 is 2.04 bits per heavy atom. The maximum Gasteiger partial charge on any atom is 0.263 e. The number of nitrogens with zero attached hydrogens (tertiary/aromatic N) is 1. The van der Waals surface area contributed by atoms with Gasteiger partial charge in [-0.25, -0.2) is 4.39 Å². The number of benzene rings is 1. The molecule has 23 heavy (non-hydrogen) atoms. The van der Waals surface area contributed by atoms with Crippen LogP contribution in [-0.4, -0.2) is 17.4 Å². The molecule has 0 radical (unpaired) electrons. The van der Waals surface area contributed by atoms with Gasteiger partial charge in [-0.2, -0.15) is 0 Å². The number of carbonyl (C=O) groups excluding carboxylic acids is 1. The zero-order valence-corrected chi connectivity index (χ0v) is 12.6. The summed E-state index contributed by atoms with van der Waals surface area (Å²) < 4.78 is 13.4. The molecule has 1 aromatic heterocycles. The number of pyridine rings is 1. The number of halogens is 1. The first-order valence-corrected chi connectivity index (χ1v) is 7.97. The highest BCUT2D eigenvalue weighted by atomic mass is 19.1. The number of amides is 1. The van der Waals surface area contributed by atoms with Gasteiger partial charge >= 0.3 is 0 Å². The highest BCUT2D eigenvalue weighted by Gasteiger charge is 2.28. The Bertz CT molecular complexity index is 839. The molecule has 118 valence electrons. The van der Waals surface area contributed by atoms with Crippen molar-refractivity contribution in [2.24, 2.45) is 0 Å². The number of nitrogens with one attached hydrogen (secondary N) is 1. The van der Waals surface area contributed by atoms with Gasteiger partial charge in [-0.3, -0.25) is 9.59 Å². The van der Waals surface area contributed by atoms with E-state index in [1.54, 1.807) is 17.0 Å². The smallest absolute Gasteiger partial charge is 0.263 e. The average molecular weight is 312 g/mol. The zero-order valence-electron chi connectivity index (χ0n) is 12.6. The molecule has 0 spiro atoms. The van der Waals surface area contributed by atoms with E-state index in [0.29, 0.717) is 18.2 Å². The molecule has 0 bridgehead atoms.